The van der Waals surface area contributed by atoms with Crippen molar-refractivity contribution in [2.75, 3.05) is 40.3 Å². The van der Waals surface area contributed by atoms with E-state index in [1.165, 1.54) is 18.9 Å². The first-order valence-electron chi connectivity index (χ1n) is 8.77. The van der Waals surface area contributed by atoms with E-state index in [0.29, 0.717) is 31.6 Å². The van der Waals surface area contributed by atoms with Gasteiger partial charge in [0.25, 0.3) is 5.91 Å². The second-order valence-corrected chi connectivity index (χ2v) is 6.27. The lowest BCUT2D eigenvalue weighted by Gasteiger charge is -2.22. The van der Waals surface area contributed by atoms with Crippen LogP contribution in [-0.2, 0) is 4.79 Å². The lowest BCUT2D eigenvalue weighted by molar-refractivity contribution is -0.121. The molecule has 0 aliphatic carbocycles. The summed E-state index contributed by atoms with van der Waals surface area (Å²) in [6, 6.07) is 1.67. The van der Waals surface area contributed by atoms with Crippen LogP contribution in [0, 0.1) is 0 Å². The smallest absolute Gasteiger partial charge is 0.257 e. The van der Waals surface area contributed by atoms with Gasteiger partial charge >= 0.3 is 0 Å². The van der Waals surface area contributed by atoms with Crippen molar-refractivity contribution in [1.82, 2.24) is 15.1 Å². The zero-order valence-corrected chi connectivity index (χ0v) is 15.2. The Hall–Kier alpha value is -1.82. The first-order chi connectivity index (χ1) is 11.5. The van der Waals surface area contributed by atoms with Gasteiger partial charge in [0, 0.05) is 32.6 Å². The van der Waals surface area contributed by atoms with Crippen molar-refractivity contribution in [2.24, 2.45) is 0 Å². The van der Waals surface area contributed by atoms with Crippen LogP contribution >= 0.6 is 0 Å². The number of rotatable bonds is 12. The molecule has 0 aliphatic rings. The van der Waals surface area contributed by atoms with Gasteiger partial charge in [0.05, 0.1) is 11.8 Å². The van der Waals surface area contributed by atoms with Gasteiger partial charge in [-0.25, -0.2) is 0 Å². The number of hydrogen-bond acceptors (Lipinski definition) is 4. The molecule has 1 aromatic rings. The molecule has 0 spiro atoms. The number of unbranched alkanes of at least 4 members (excludes halogenated alkanes) is 3. The zero-order chi connectivity index (χ0) is 17.8. The van der Waals surface area contributed by atoms with Crippen LogP contribution in [0.1, 0.15) is 49.4 Å². The van der Waals surface area contributed by atoms with Gasteiger partial charge in [-0.05, 0) is 26.6 Å². The molecule has 1 rings (SSSR count). The number of carbonyl (C=O) groups is 2. The molecule has 6 nitrogen and oxygen atoms in total. The van der Waals surface area contributed by atoms with Crippen molar-refractivity contribution in [2.45, 2.75) is 39.0 Å². The molecule has 2 amide bonds. The molecule has 136 valence electrons. The second kappa shape index (κ2) is 11.7. The van der Waals surface area contributed by atoms with Crippen LogP contribution in [0.25, 0.3) is 0 Å². The Morgan fingerprint density at radius 2 is 1.92 bits per heavy atom. The van der Waals surface area contributed by atoms with Crippen LogP contribution in [0.15, 0.2) is 23.0 Å². The predicted octanol–water partition coefficient (Wildman–Crippen LogP) is 2.37. The monoisotopic (exact) mass is 337 g/mol. The Balaban J connectivity index is 2.45. The summed E-state index contributed by atoms with van der Waals surface area (Å²) < 4.78 is 5.00. The maximum atomic E-state index is 12.5. The molecule has 24 heavy (non-hydrogen) atoms. The zero-order valence-electron chi connectivity index (χ0n) is 15.2. The van der Waals surface area contributed by atoms with Gasteiger partial charge in [0.15, 0.2) is 0 Å². The maximum absolute atomic E-state index is 12.5. The van der Waals surface area contributed by atoms with Crippen LogP contribution in [0.4, 0.5) is 0 Å². The van der Waals surface area contributed by atoms with Crippen LogP contribution in [-0.4, -0.2) is 61.9 Å². The average Bonchev–Trinajstić information content (AvgIpc) is 3.07. The average molecular weight is 337 g/mol. The lowest BCUT2D eigenvalue weighted by Crippen LogP contribution is -2.37. The minimum Gasteiger partial charge on any atom is -0.472 e. The quantitative estimate of drug-likeness (QED) is 0.595. The topological polar surface area (TPSA) is 65.8 Å². The standard InChI is InChI=1S/C18H31N3O3/c1-4-5-6-7-11-21(18(23)16-9-14-24-15-16)12-8-17(22)19-10-13-20(2)3/h9,14-15H,4-8,10-13H2,1-3H3,(H,19,22). The van der Waals surface area contributed by atoms with Crippen molar-refractivity contribution in [3.63, 3.8) is 0 Å². The van der Waals surface area contributed by atoms with Crippen LogP contribution < -0.4 is 5.32 Å². The Kier molecular flexibility index (Phi) is 9.84. The number of hydrogen-bond donors (Lipinski definition) is 1. The van der Waals surface area contributed by atoms with Gasteiger partial charge in [0.1, 0.15) is 6.26 Å². The number of nitrogens with zero attached hydrogens (tertiary/aromatic N) is 2. The van der Waals surface area contributed by atoms with E-state index in [1.807, 2.05) is 19.0 Å². The van der Waals surface area contributed by atoms with E-state index in [9.17, 15) is 9.59 Å². The van der Waals surface area contributed by atoms with E-state index in [1.54, 1.807) is 11.0 Å². The Morgan fingerprint density at radius 3 is 2.54 bits per heavy atom. The largest absolute Gasteiger partial charge is 0.472 e. The summed E-state index contributed by atoms with van der Waals surface area (Å²) in [5, 5.41) is 2.88. The molecule has 1 heterocycles. The van der Waals surface area contributed by atoms with Gasteiger partial charge in [-0.3, -0.25) is 9.59 Å². The molecule has 0 saturated carbocycles. The summed E-state index contributed by atoms with van der Waals surface area (Å²) in [4.78, 5) is 28.2. The summed E-state index contributed by atoms with van der Waals surface area (Å²) in [5.74, 6) is -0.0864. The van der Waals surface area contributed by atoms with Crippen molar-refractivity contribution >= 4 is 11.8 Å². The van der Waals surface area contributed by atoms with E-state index in [4.69, 9.17) is 4.42 Å². The Labute approximate surface area is 145 Å². The van der Waals surface area contributed by atoms with Gasteiger partial charge in [-0.15, -0.1) is 0 Å². The summed E-state index contributed by atoms with van der Waals surface area (Å²) in [6.45, 7) is 4.70. The second-order valence-electron chi connectivity index (χ2n) is 6.27. The molecule has 0 fully saturated rings. The first kappa shape index (κ1) is 20.2. The van der Waals surface area contributed by atoms with E-state index in [-0.39, 0.29) is 11.8 Å². The van der Waals surface area contributed by atoms with Gasteiger partial charge in [-0.1, -0.05) is 26.2 Å². The molecule has 0 aliphatic heterocycles. The summed E-state index contributed by atoms with van der Waals surface area (Å²) in [6.07, 6.45) is 7.66. The minimum absolute atomic E-state index is 0.0181. The normalized spacial score (nSPS) is 10.8. The third-order valence-corrected chi connectivity index (χ3v) is 3.83. The lowest BCUT2D eigenvalue weighted by atomic mass is 10.2. The predicted molar refractivity (Wildman–Crippen MR) is 94.9 cm³/mol. The van der Waals surface area contributed by atoms with Crippen LogP contribution in [0.5, 0.6) is 0 Å². The highest BCUT2D eigenvalue weighted by atomic mass is 16.3. The molecule has 0 unspecified atom stereocenters. The molecule has 1 aromatic heterocycles. The third-order valence-electron chi connectivity index (χ3n) is 3.83. The number of furan rings is 1. The third kappa shape index (κ3) is 8.15. The van der Waals surface area contributed by atoms with Crippen molar-refractivity contribution < 1.29 is 14.0 Å². The number of carbonyl (C=O) groups excluding carboxylic acids is 2. The molecule has 1 N–H and O–H groups in total. The van der Waals surface area contributed by atoms with Crippen LogP contribution in [0.2, 0.25) is 0 Å². The van der Waals surface area contributed by atoms with Gasteiger partial charge < -0.3 is 19.5 Å². The highest BCUT2D eigenvalue weighted by Gasteiger charge is 2.17. The molecule has 6 heteroatoms. The van der Waals surface area contributed by atoms with Gasteiger partial charge in [0.2, 0.25) is 5.91 Å². The summed E-state index contributed by atoms with van der Waals surface area (Å²) in [5.41, 5.74) is 0.540. The molecule has 0 radical (unpaired) electrons. The van der Waals surface area contributed by atoms with Crippen molar-refractivity contribution in [1.29, 1.82) is 0 Å². The van der Waals surface area contributed by atoms with Gasteiger partial charge in [-0.2, -0.15) is 0 Å². The highest BCUT2D eigenvalue weighted by Crippen LogP contribution is 2.09. The molecular weight excluding hydrogens is 306 g/mol. The fraction of sp³-hybridized carbons (Fsp3) is 0.667. The maximum Gasteiger partial charge on any atom is 0.257 e. The number of amides is 2. The first-order valence-corrected chi connectivity index (χ1v) is 8.77. The molecular formula is C18H31N3O3. The summed E-state index contributed by atoms with van der Waals surface area (Å²) in [7, 11) is 3.93. The number of nitrogens with one attached hydrogen (secondary N) is 1. The number of likely N-dealkylation sites (N-methyl/N-ethyl adjacent to an activating group) is 1. The van der Waals surface area contributed by atoms with Crippen LogP contribution in [0.3, 0.4) is 0 Å². The Morgan fingerprint density at radius 1 is 1.12 bits per heavy atom. The van der Waals surface area contributed by atoms with Crippen molar-refractivity contribution in [3.8, 4) is 0 Å². The Bertz CT molecular complexity index is 472. The molecule has 0 atom stereocenters. The SMILES string of the molecule is CCCCCCN(CCC(=O)NCCN(C)C)C(=O)c1ccoc1. The fourth-order valence-electron chi connectivity index (χ4n) is 2.36. The molecule has 0 bridgehead atoms. The fourth-order valence-corrected chi connectivity index (χ4v) is 2.36. The van der Waals surface area contributed by atoms with Crippen molar-refractivity contribution in [3.05, 3.63) is 24.2 Å². The molecule has 0 saturated heterocycles. The van der Waals surface area contributed by atoms with E-state index >= 15 is 0 Å². The minimum atomic E-state index is -0.0682. The summed E-state index contributed by atoms with van der Waals surface area (Å²) >= 11 is 0. The highest BCUT2D eigenvalue weighted by molar-refractivity contribution is 5.94. The van der Waals surface area contributed by atoms with E-state index < -0.39 is 0 Å². The van der Waals surface area contributed by atoms with E-state index in [2.05, 4.69) is 12.2 Å². The molecule has 0 aromatic carbocycles. The van der Waals surface area contributed by atoms with E-state index in [0.717, 1.165) is 25.8 Å².